The van der Waals surface area contributed by atoms with E-state index >= 15 is 0 Å². The number of rotatable bonds is 8. The van der Waals surface area contributed by atoms with Gasteiger partial charge in [0.05, 0.1) is 0 Å². The van der Waals surface area contributed by atoms with Gasteiger partial charge in [0.2, 0.25) is 0 Å². The van der Waals surface area contributed by atoms with E-state index in [0.29, 0.717) is 6.04 Å². The number of benzene rings is 1. The predicted octanol–water partition coefficient (Wildman–Crippen LogP) is 4.96. The molecule has 1 nitrogen and oxygen atoms in total. The molecule has 96 valence electrons. The van der Waals surface area contributed by atoms with Crippen molar-refractivity contribution in [1.82, 2.24) is 5.32 Å². The van der Waals surface area contributed by atoms with Crippen LogP contribution in [0.15, 0.2) is 24.3 Å². The van der Waals surface area contributed by atoms with Crippen LogP contribution < -0.4 is 5.32 Å². The molecule has 0 bridgehead atoms. The van der Waals surface area contributed by atoms with Gasteiger partial charge in [-0.15, -0.1) is 0 Å². The van der Waals surface area contributed by atoms with Gasteiger partial charge in [0.25, 0.3) is 0 Å². The average molecular weight is 254 g/mol. The molecule has 0 saturated carbocycles. The van der Waals surface area contributed by atoms with Crippen molar-refractivity contribution in [3.05, 3.63) is 34.9 Å². The summed E-state index contributed by atoms with van der Waals surface area (Å²) < 4.78 is 0. The molecule has 2 heteroatoms. The maximum Gasteiger partial charge on any atom is 0.0406 e. The van der Waals surface area contributed by atoms with Crippen LogP contribution in [0.2, 0.25) is 5.02 Å². The van der Waals surface area contributed by atoms with Crippen molar-refractivity contribution < 1.29 is 0 Å². The van der Waals surface area contributed by atoms with E-state index in [4.69, 9.17) is 11.6 Å². The SMILES string of the molecule is CCCCCCC(NCC)c1ccc(Cl)cc1. The highest BCUT2D eigenvalue weighted by Gasteiger charge is 2.09. The van der Waals surface area contributed by atoms with Crippen LogP contribution in [0.3, 0.4) is 0 Å². The van der Waals surface area contributed by atoms with E-state index in [9.17, 15) is 0 Å². The summed E-state index contributed by atoms with van der Waals surface area (Å²) in [5.74, 6) is 0. The van der Waals surface area contributed by atoms with Gasteiger partial charge in [-0.2, -0.15) is 0 Å². The Labute approximate surface area is 111 Å². The second-order valence-corrected chi connectivity index (χ2v) is 4.95. The summed E-state index contributed by atoms with van der Waals surface area (Å²) in [5.41, 5.74) is 1.35. The number of hydrogen-bond donors (Lipinski definition) is 1. The minimum absolute atomic E-state index is 0.481. The van der Waals surface area contributed by atoms with Crippen molar-refractivity contribution in [2.45, 2.75) is 52.0 Å². The third kappa shape index (κ3) is 5.56. The molecule has 0 aromatic heterocycles. The largest absolute Gasteiger partial charge is 0.310 e. The summed E-state index contributed by atoms with van der Waals surface area (Å²) in [7, 11) is 0. The van der Waals surface area contributed by atoms with E-state index < -0.39 is 0 Å². The molecule has 1 aromatic rings. The molecule has 1 atom stereocenters. The standard InChI is InChI=1S/C15H24ClN/c1-3-5-6-7-8-15(17-4-2)13-9-11-14(16)12-10-13/h9-12,15,17H,3-8H2,1-2H3. The molecule has 1 N–H and O–H groups in total. The van der Waals surface area contributed by atoms with Crippen molar-refractivity contribution in [1.29, 1.82) is 0 Å². The Bertz CT molecular complexity index is 294. The molecule has 0 fully saturated rings. The summed E-state index contributed by atoms with van der Waals surface area (Å²) in [4.78, 5) is 0. The minimum Gasteiger partial charge on any atom is -0.310 e. The van der Waals surface area contributed by atoms with Crippen LogP contribution in [0.4, 0.5) is 0 Å². The smallest absolute Gasteiger partial charge is 0.0406 e. The van der Waals surface area contributed by atoms with Crippen LogP contribution >= 0.6 is 11.6 Å². The number of hydrogen-bond acceptors (Lipinski definition) is 1. The van der Waals surface area contributed by atoms with Gasteiger partial charge in [-0.05, 0) is 30.7 Å². The first-order valence-electron chi connectivity index (χ1n) is 6.76. The molecule has 0 radical (unpaired) electrons. The normalized spacial score (nSPS) is 12.6. The highest BCUT2D eigenvalue weighted by atomic mass is 35.5. The van der Waals surface area contributed by atoms with E-state index in [2.05, 4.69) is 31.3 Å². The van der Waals surface area contributed by atoms with Crippen molar-refractivity contribution in [2.24, 2.45) is 0 Å². The van der Waals surface area contributed by atoms with Crippen LogP contribution in [-0.4, -0.2) is 6.54 Å². The third-order valence-corrected chi connectivity index (χ3v) is 3.32. The highest BCUT2D eigenvalue weighted by molar-refractivity contribution is 6.30. The van der Waals surface area contributed by atoms with E-state index in [0.717, 1.165) is 11.6 Å². The zero-order valence-corrected chi connectivity index (χ0v) is 11.8. The number of unbranched alkanes of at least 4 members (excludes halogenated alkanes) is 3. The Hall–Kier alpha value is -0.530. The Balaban J connectivity index is 2.49. The third-order valence-electron chi connectivity index (χ3n) is 3.07. The number of nitrogens with one attached hydrogen (secondary N) is 1. The second kappa shape index (κ2) is 8.54. The van der Waals surface area contributed by atoms with Gasteiger partial charge in [0, 0.05) is 11.1 Å². The predicted molar refractivity (Wildman–Crippen MR) is 76.6 cm³/mol. The number of halogens is 1. The van der Waals surface area contributed by atoms with Gasteiger partial charge < -0.3 is 5.32 Å². The Kier molecular flexibility index (Phi) is 7.30. The van der Waals surface area contributed by atoms with Crippen LogP contribution in [-0.2, 0) is 0 Å². The second-order valence-electron chi connectivity index (χ2n) is 4.51. The lowest BCUT2D eigenvalue weighted by Crippen LogP contribution is -2.20. The van der Waals surface area contributed by atoms with E-state index in [-0.39, 0.29) is 0 Å². The lowest BCUT2D eigenvalue weighted by molar-refractivity contribution is 0.482. The monoisotopic (exact) mass is 253 g/mol. The summed E-state index contributed by atoms with van der Waals surface area (Å²) in [6.45, 7) is 5.43. The molecule has 0 saturated heterocycles. The van der Waals surface area contributed by atoms with Gasteiger partial charge in [-0.3, -0.25) is 0 Å². The fourth-order valence-electron chi connectivity index (χ4n) is 2.10. The lowest BCUT2D eigenvalue weighted by Gasteiger charge is -2.18. The zero-order chi connectivity index (χ0) is 12.5. The van der Waals surface area contributed by atoms with Gasteiger partial charge >= 0.3 is 0 Å². The molecular formula is C15H24ClN. The maximum atomic E-state index is 5.92. The van der Waals surface area contributed by atoms with Crippen molar-refractivity contribution in [3.8, 4) is 0 Å². The molecular weight excluding hydrogens is 230 g/mol. The van der Waals surface area contributed by atoms with Crippen molar-refractivity contribution in [3.63, 3.8) is 0 Å². The molecule has 1 rings (SSSR count). The van der Waals surface area contributed by atoms with Gasteiger partial charge in [0.15, 0.2) is 0 Å². The fourth-order valence-corrected chi connectivity index (χ4v) is 2.23. The van der Waals surface area contributed by atoms with Crippen molar-refractivity contribution >= 4 is 11.6 Å². The summed E-state index contributed by atoms with van der Waals surface area (Å²) in [6.07, 6.45) is 6.50. The first kappa shape index (κ1) is 14.5. The minimum atomic E-state index is 0.481. The Morgan fingerprint density at radius 2 is 1.76 bits per heavy atom. The van der Waals surface area contributed by atoms with Gasteiger partial charge in [0.1, 0.15) is 0 Å². The van der Waals surface area contributed by atoms with Crippen LogP contribution in [0.5, 0.6) is 0 Å². The molecule has 0 spiro atoms. The van der Waals surface area contributed by atoms with Gasteiger partial charge in [-0.1, -0.05) is 63.3 Å². The van der Waals surface area contributed by atoms with E-state index in [1.54, 1.807) is 0 Å². The van der Waals surface area contributed by atoms with Crippen LogP contribution in [0.25, 0.3) is 0 Å². The molecule has 0 aliphatic carbocycles. The quantitative estimate of drug-likeness (QED) is 0.646. The Morgan fingerprint density at radius 1 is 1.06 bits per heavy atom. The highest BCUT2D eigenvalue weighted by Crippen LogP contribution is 2.21. The summed E-state index contributed by atoms with van der Waals surface area (Å²) in [6, 6.07) is 8.71. The van der Waals surface area contributed by atoms with E-state index in [1.165, 1.54) is 37.7 Å². The molecule has 1 unspecified atom stereocenters. The molecule has 1 aromatic carbocycles. The van der Waals surface area contributed by atoms with Gasteiger partial charge in [-0.25, -0.2) is 0 Å². The molecule has 0 aliphatic rings. The molecule has 0 heterocycles. The average Bonchev–Trinajstić information content (AvgIpc) is 2.34. The van der Waals surface area contributed by atoms with Crippen LogP contribution in [0, 0.1) is 0 Å². The summed E-state index contributed by atoms with van der Waals surface area (Å²) >= 11 is 5.92. The van der Waals surface area contributed by atoms with Crippen molar-refractivity contribution in [2.75, 3.05) is 6.54 Å². The fraction of sp³-hybridized carbons (Fsp3) is 0.600. The Morgan fingerprint density at radius 3 is 2.35 bits per heavy atom. The van der Waals surface area contributed by atoms with E-state index in [1.807, 2.05) is 12.1 Å². The van der Waals surface area contributed by atoms with Crippen LogP contribution in [0.1, 0.15) is 57.6 Å². The first-order chi connectivity index (χ1) is 8.27. The lowest BCUT2D eigenvalue weighted by atomic mass is 10.00. The zero-order valence-electron chi connectivity index (χ0n) is 11.0. The summed E-state index contributed by atoms with van der Waals surface area (Å²) in [5, 5.41) is 4.37. The topological polar surface area (TPSA) is 12.0 Å². The molecule has 0 aliphatic heterocycles. The molecule has 0 amide bonds. The maximum absolute atomic E-state index is 5.92. The molecule has 17 heavy (non-hydrogen) atoms. The first-order valence-corrected chi connectivity index (χ1v) is 7.14.